The maximum absolute atomic E-state index is 8.99. The van der Waals surface area contributed by atoms with Crippen molar-refractivity contribution in [2.45, 2.75) is 33.1 Å². The normalized spacial score (nSPS) is 18.4. The van der Waals surface area contributed by atoms with Crippen molar-refractivity contribution in [1.82, 2.24) is 14.7 Å². The van der Waals surface area contributed by atoms with Crippen LogP contribution in [0.25, 0.3) is 0 Å². The summed E-state index contributed by atoms with van der Waals surface area (Å²) in [7, 11) is 4.28. The van der Waals surface area contributed by atoms with E-state index < -0.39 is 0 Å². The molecule has 0 radical (unpaired) electrons. The third-order valence-corrected chi connectivity index (χ3v) is 4.16. The number of nitriles is 1. The Balaban J connectivity index is 2.07. The topological polar surface area (TPSA) is 33.5 Å². The Labute approximate surface area is 125 Å². The highest BCUT2D eigenvalue weighted by atomic mass is 15.3. The summed E-state index contributed by atoms with van der Waals surface area (Å²) in [4.78, 5) is 7.39. The molecule has 0 N–H and O–H groups in total. The fourth-order valence-corrected chi connectivity index (χ4v) is 2.54. The highest BCUT2D eigenvalue weighted by Gasteiger charge is 2.18. The maximum atomic E-state index is 8.99. The number of nitrogens with zero attached hydrogens (tertiary/aromatic N) is 4. The summed E-state index contributed by atoms with van der Waals surface area (Å²) in [6.07, 6.45) is 3.41. The SMILES string of the molecule is CN(C)CCN1CCN(CCCCC(C)(C)C#N)CC1. The van der Waals surface area contributed by atoms with Crippen molar-refractivity contribution in [2.24, 2.45) is 5.41 Å². The third-order valence-electron chi connectivity index (χ3n) is 4.16. The molecule has 0 aromatic carbocycles. The van der Waals surface area contributed by atoms with Gasteiger partial charge in [0.05, 0.1) is 11.5 Å². The minimum absolute atomic E-state index is 0.148. The molecule has 0 unspecified atom stereocenters. The summed E-state index contributed by atoms with van der Waals surface area (Å²) in [5, 5.41) is 8.99. The monoisotopic (exact) mass is 280 g/mol. The molecule has 0 amide bonds. The van der Waals surface area contributed by atoms with Gasteiger partial charge in [0, 0.05) is 39.3 Å². The van der Waals surface area contributed by atoms with Crippen LogP contribution in [0.4, 0.5) is 0 Å². The molecule has 4 heteroatoms. The number of hydrogen-bond donors (Lipinski definition) is 0. The van der Waals surface area contributed by atoms with Crippen molar-refractivity contribution < 1.29 is 0 Å². The van der Waals surface area contributed by atoms with Crippen molar-refractivity contribution in [3.63, 3.8) is 0 Å². The van der Waals surface area contributed by atoms with Gasteiger partial charge >= 0.3 is 0 Å². The van der Waals surface area contributed by atoms with Gasteiger partial charge in [-0.1, -0.05) is 6.42 Å². The summed E-state index contributed by atoms with van der Waals surface area (Å²) in [6.45, 7) is 12.4. The lowest BCUT2D eigenvalue weighted by atomic mass is 9.89. The summed E-state index contributed by atoms with van der Waals surface area (Å²) in [6, 6.07) is 2.38. The smallest absolute Gasteiger partial charge is 0.0683 e. The molecule has 1 rings (SSSR count). The second-order valence-corrected chi connectivity index (χ2v) is 6.94. The quantitative estimate of drug-likeness (QED) is 0.636. The summed E-state index contributed by atoms with van der Waals surface area (Å²) < 4.78 is 0. The van der Waals surface area contributed by atoms with Crippen molar-refractivity contribution in [3.05, 3.63) is 0 Å². The Morgan fingerprint density at radius 2 is 1.55 bits per heavy atom. The molecule has 1 fully saturated rings. The number of unbranched alkanes of at least 4 members (excludes halogenated alkanes) is 1. The van der Waals surface area contributed by atoms with Gasteiger partial charge in [-0.05, 0) is 47.3 Å². The van der Waals surface area contributed by atoms with E-state index in [0.29, 0.717) is 0 Å². The molecule has 1 aliphatic heterocycles. The molecule has 0 saturated carbocycles. The van der Waals surface area contributed by atoms with E-state index in [1.165, 1.54) is 52.1 Å². The molecular formula is C16H32N4. The average molecular weight is 280 g/mol. The Hall–Kier alpha value is -0.630. The zero-order chi connectivity index (χ0) is 15.0. The van der Waals surface area contributed by atoms with Crippen molar-refractivity contribution in [3.8, 4) is 6.07 Å². The largest absolute Gasteiger partial charge is 0.308 e. The number of piperazine rings is 1. The van der Waals surface area contributed by atoms with E-state index in [1.807, 2.05) is 13.8 Å². The molecular weight excluding hydrogens is 248 g/mol. The van der Waals surface area contributed by atoms with Crippen LogP contribution in [0.5, 0.6) is 0 Å². The Morgan fingerprint density at radius 1 is 1.00 bits per heavy atom. The van der Waals surface area contributed by atoms with E-state index in [1.54, 1.807) is 0 Å². The minimum Gasteiger partial charge on any atom is -0.308 e. The molecule has 0 aromatic heterocycles. The van der Waals surface area contributed by atoms with Crippen LogP contribution in [-0.4, -0.2) is 74.6 Å². The molecule has 0 atom stereocenters. The Bertz CT molecular complexity index is 298. The molecule has 0 aliphatic carbocycles. The summed E-state index contributed by atoms with van der Waals surface area (Å²) in [5.74, 6) is 0. The van der Waals surface area contributed by atoms with Gasteiger partial charge in [0.15, 0.2) is 0 Å². The van der Waals surface area contributed by atoms with Crippen LogP contribution in [-0.2, 0) is 0 Å². The van der Waals surface area contributed by atoms with Crippen LogP contribution in [0.2, 0.25) is 0 Å². The molecule has 1 aliphatic rings. The highest BCUT2D eigenvalue weighted by Crippen LogP contribution is 2.21. The van der Waals surface area contributed by atoms with Gasteiger partial charge in [0.25, 0.3) is 0 Å². The molecule has 1 heterocycles. The van der Waals surface area contributed by atoms with Gasteiger partial charge in [-0.2, -0.15) is 5.26 Å². The zero-order valence-corrected chi connectivity index (χ0v) is 13.9. The molecule has 0 aromatic rings. The van der Waals surface area contributed by atoms with Crippen LogP contribution in [0.3, 0.4) is 0 Å². The van der Waals surface area contributed by atoms with Crippen molar-refractivity contribution in [1.29, 1.82) is 5.26 Å². The predicted molar refractivity (Wildman–Crippen MR) is 84.7 cm³/mol. The first-order valence-corrected chi connectivity index (χ1v) is 7.94. The van der Waals surface area contributed by atoms with Crippen molar-refractivity contribution >= 4 is 0 Å². The number of rotatable bonds is 8. The van der Waals surface area contributed by atoms with Gasteiger partial charge in [-0.15, -0.1) is 0 Å². The fraction of sp³-hybridized carbons (Fsp3) is 0.938. The number of hydrogen-bond acceptors (Lipinski definition) is 4. The first-order valence-electron chi connectivity index (χ1n) is 7.94. The van der Waals surface area contributed by atoms with E-state index in [2.05, 4.69) is 34.9 Å². The van der Waals surface area contributed by atoms with Gasteiger partial charge < -0.3 is 9.80 Å². The van der Waals surface area contributed by atoms with E-state index in [-0.39, 0.29) is 5.41 Å². The molecule has 20 heavy (non-hydrogen) atoms. The first-order chi connectivity index (χ1) is 9.43. The minimum atomic E-state index is -0.148. The number of likely N-dealkylation sites (N-methyl/N-ethyl adjacent to an activating group) is 1. The van der Waals surface area contributed by atoms with Crippen LogP contribution < -0.4 is 0 Å². The van der Waals surface area contributed by atoms with Gasteiger partial charge in [0.1, 0.15) is 0 Å². The fourth-order valence-electron chi connectivity index (χ4n) is 2.54. The van der Waals surface area contributed by atoms with Gasteiger partial charge in [-0.3, -0.25) is 4.90 Å². The second-order valence-electron chi connectivity index (χ2n) is 6.94. The Morgan fingerprint density at radius 3 is 2.05 bits per heavy atom. The zero-order valence-electron chi connectivity index (χ0n) is 13.9. The maximum Gasteiger partial charge on any atom is 0.0683 e. The second kappa shape index (κ2) is 8.61. The van der Waals surface area contributed by atoms with E-state index in [9.17, 15) is 0 Å². The van der Waals surface area contributed by atoms with Gasteiger partial charge in [0.2, 0.25) is 0 Å². The molecule has 116 valence electrons. The molecule has 4 nitrogen and oxygen atoms in total. The molecule has 1 saturated heterocycles. The standard InChI is InChI=1S/C16H32N4/c1-16(2,15-17)7-5-6-8-19-11-13-20(14-12-19)10-9-18(3)4/h5-14H2,1-4H3. The first kappa shape index (κ1) is 17.4. The lowest BCUT2D eigenvalue weighted by Crippen LogP contribution is -2.48. The molecule has 0 bridgehead atoms. The Kier molecular flexibility index (Phi) is 7.50. The van der Waals surface area contributed by atoms with Crippen LogP contribution in [0, 0.1) is 16.7 Å². The van der Waals surface area contributed by atoms with Gasteiger partial charge in [-0.25, -0.2) is 0 Å². The predicted octanol–water partition coefficient (Wildman–Crippen LogP) is 1.89. The van der Waals surface area contributed by atoms with E-state index in [0.717, 1.165) is 13.0 Å². The summed E-state index contributed by atoms with van der Waals surface area (Å²) in [5.41, 5.74) is -0.148. The third kappa shape index (κ3) is 7.23. The average Bonchev–Trinajstić information content (AvgIpc) is 2.42. The summed E-state index contributed by atoms with van der Waals surface area (Å²) >= 11 is 0. The lowest BCUT2D eigenvalue weighted by Gasteiger charge is -2.35. The van der Waals surface area contributed by atoms with E-state index >= 15 is 0 Å². The highest BCUT2D eigenvalue weighted by molar-refractivity contribution is 4.91. The van der Waals surface area contributed by atoms with Crippen LogP contribution in [0.1, 0.15) is 33.1 Å². The van der Waals surface area contributed by atoms with E-state index in [4.69, 9.17) is 5.26 Å². The molecule has 0 spiro atoms. The van der Waals surface area contributed by atoms with Crippen LogP contribution >= 0.6 is 0 Å². The van der Waals surface area contributed by atoms with Crippen LogP contribution in [0.15, 0.2) is 0 Å². The lowest BCUT2D eigenvalue weighted by molar-refractivity contribution is 0.123. The van der Waals surface area contributed by atoms with Crippen molar-refractivity contribution in [2.75, 3.05) is 59.9 Å².